The highest BCUT2D eigenvalue weighted by Crippen LogP contribution is 2.42. The van der Waals surface area contributed by atoms with Crippen LogP contribution in [0.4, 0.5) is 0 Å². The van der Waals surface area contributed by atoms with E-state index < -0.39 is 0 Å². The number of furan rings is 1. The molecule has 0 aliphatic rings. The highest BCUT2D eigenvalue weighted by Gasteiger charge is 2.21. The van der Waals surface area contributed by atoms with Crippen molar-refractivity contribution in [3.8, 4) is 67.7 Å². The molecular formula is C47H29N5O. The van der Waals surface area contributed by atoms with Gasteiger partial charge in [0.2, 0.25) is 0 Å². The molecule has 0 unspecified atom stereocenters. The molecule has 0 fully saturated rings. The van der Waals surface area contributed by atoms with Crippen LogP contribution < -0.4 is 0 Å². The van der Waals surface area contributed by atoms with E-state index in [1.54, 1.807) is 12.4 Å². The Morgan fingerprint density at radius 2 is 0.962 bits per heavy atom. The lowest BCUT2D eigenvalue weighted by atomic mass is 9.91. The van der Waals surface area contributed by atoms with Gasteiger partial charge >= 0.3 is 0 Å². The summed E-state index contributed by atoms with van der Waals surface area (Å²) in [5, 5.41) is 4.31. The lowest BCUT2D eigenvalue weighted by molar-refractivity contribution is 0.669. The number of fused-ring (bicyclic) bond motifs is 4. The van der Waals surface area contributed by atoms with Gasteiger partial charge in [0.25, 0.3) is 0 Å². The van der Waals surface area contributed by atoms with Crippen molar-refractivity contribution < 1.29 is 4.42 Å². The van der Waals surface area contributed by atoms with Gasteiger partial charge in [-0.15, -0.1) is 0 Å². The highest BCUT2D eigenvalue weighted by molar-refractivity contribution is 6.13. The van der Waals surface area contributed by atoms with Gasteiger partial charge in [-0.3, -0.25) is 9.97 Å². The van der Waals surface area contributed by atoms with Crippen molar-refractivity contribution in [1.82, 2.24) is 24.9 Å². The molecule has 6 nitrogen and oxygen atoms in total. The van der Waals surface area contributed by atoms with Crippen molar-refractivity contribution in [2.24, 2.45) is 0 Å². The van der Waals surface area contributed by atoms with E-state index in [9.17, 15) is 0 Å². The van der Waals surface area contributed by atoms with Gasteiger partial charge in [0.1, 0.15) is 11.2 Å². The van der Waals surface area contributed by atoms with Crippen LogP contribution in [0.25, 0.3) is 100 Å². The molecule has 0 saturated carbocycles. The Morgan fingerprint density at radius 1 is 0.377 bits per heavy atom. The van der Waals surface area contributed by atoms with Crippen LogP contribution in [0.15, 0.2) is 181 Å². The van der Waals surface area contributed by atoms with Gasteiger partial charge in [-0.05, 0) is 63.9 Å². The average Bonchev–Trinajstić information content (AvgIpc) is 3.62. The first-order valence-corrected chi connectivity index (χ1v) is 17.5. The Balaban J connectivity index is 1.18. The third-order valence-corrected chi connectivity index (χ3v) is 9.70. The molecule has 4 aromatic heterocycles. The molecule has 0 amide bonds. The number of aromatic nitrogens is 5. The highest BCUT2D eigenvalue weighted by atomic mass is 16.3. The summed E-state index contributed by atoms with van der Waals surface area (Å²) in [5.41, 5.74) is 10.4. The van der Waals surface area contributed by atoms with Crippen molar-refractivity contribution >= 4 is 32.7 Å². The first-order chi connectivity index (χ1) is 26.3. The fourth-order valence-electron chi connectivity index (χ4n) is 7.13. The molecule has 0 bridgehead atoms. The maximum absolute atomic E-state index is 6.62. The van der Waals surface area contributed by atoms with E-state index in [4.69, 9.17) is 24.4 Å². The second-order valence-corrected chi connectivity index (χ2v) is 12.9. The molecule has 6 aromatic carbocycles. The number of nitrogens with zero attached hydrogens (tertiary/aromatic N) is 5. The second kappa shape index (κ2) is 12.8. The minimum atomic E-state index is 0.546. The summed E-state index contributed by atoms with van der Waals surface area (Å²) in [4.78, 5) is 24.1. The van der Waals surface area contributed by atoms with Crippen molar-refractivity contribution in [2.75, 3.05) is 0 Å². The molecule has 10 aromatic rings. The van der Waals surface area contributed by atoms with Crippen molar-refractivity contribution in [2.45, 2.75) is 0 Å². The fraction of sp³-hybridized carbons (Fsp3) is 0. The fourth-order valence-corrected chi connectivity index (χ4v) is 7.13. The van der Waals surface area contributed by atoms with Gasteiger partial charge in [0.05, 0.1) is 11.3 Å². The molecule has 0 aliphatic heterocycles. The maximum atomic E-state index is 6.62. The molecule has 53 heavy (non-hydrogen) atoms. The molecule has 0 spiro atoms. The lowest BCUT2D eigenvalue weighted by Gasteiger charge is -2.14. The van der Waals surface area contributed by atoms with Gasteiger partial charge in [0, 0.05) is 51.6 Å². The van der Waals surface area contributed by atoms with E-state index in [1.807, 2.05) is 97.2 Å². The summed E-state index contributed by atoms with van der Waals surface area (Å²) in [6.45, 7) is 0. The van der Waals surface area contributed by atoms with Gasteiger partial charge in [-0.1, -0.05) is 121 Å². The topological polar surface area (TPSA) is 77.6 Å². The van der Waals surface area contributed by atoms with Gasteiger partial charge in [-0.2, -0.15) is 0 Å². The van der Waals surface area contributed by atoms with E-state index in [-0.39, 0.29) is 0 Å². The Bertz CT molecular complexity index is 2870. The van der Waals surface area contributed by atoms with Crippen LogP contribution in [0.1, 0.15) is 0 Å². The molecule has 0 atom stereocenters. The summed E-state index contributed by atoms with van der Waals surface area (Å²) >= 11 is 0. The Morgan fingerprint density at radius 3 is 1.60 bits per heavy atom. The minimum Gasteiger partial charge on any atom is -0.455 e. The van der Waals surface area contributed by atoms with Crippen LogP contribution in [-0.2, 0) is 0 Å². The predicted octanol–water partition coefficient (Wildman–Crippen LogP) is 11.7. The van der Waals surface area contributed by atoms with Crippen molar-refractivity contribution in [3.05, 3.63) is 176 Å². The molecule has 0 radical (unpaired) electrons. The predicted molar refractivity (Wildman–Crippen MR) is 213 cm³/mol. The Kier molecular flexibility index (Phi) is 7.36. The third kappa shape index (κ3) is 5.50. The Labute approximate surface area is 305 Å². The summed E-state index contributed by atoms with van der Waals surface area (Å²) in [5.74, 6) is 1.75. The van der Waals surface area contributed by atoms with Crippen molar-refractivity contribution in [3.63, 3.8) is 0 Å². The first-order valence-electron chi connectivity index (χ1n) is 17.5. The van der Waals surface area contributed by atoms with Gasteiger partial charge < -0.3 is 4.42 Å². The van der Waals surface area contributed by atoms with Crippen LogP contribution in [0.3, 0.4) is 0 Å². The number of rotatable bonds is 6. The van der Waals surface area contributed by atoms with Crippen molar-refractivity contribution in [1.29, 1.82) is 0 Å². The number of hydrogen-bond acceptors (Lipinski definition) is 6. The van der Waals surface area contributed by atoms with Crippen LogP contribution in [0.5, 0.6) is 0 Å². The number of pyridine rings is 2. The summed E-state index contributed by atoms with van der Waals surface area (Å²) in [7, 11) is 0. The molecule has 10 rings (SSSR count). The van der Waals surface area contributed by atoms with Gasteiger partial charge in [-0.25, -0.2) is 15.0 Å². The van der Waals surface area contributed by atoms with E-state index in [2.05, 4.69) is 71.7 Å². The molecule has 6 heteroatoms. The average molecular weight is 680 g/mol. The molecule has 0 saturated heterocycles. The lowest BCUT2D eigenvalue weighted by Crippen LogP contribution is -2.00. The van der Waals surface area contributed by atoms with E-state index in [0.717, 1.165) is 82.9 Å². The normalized spacial score (nSPS) is 11.4. The Hall–Kier alpha value is -7.31. The summed E-state index contributed by atoms with van der Waals surface area (Å²) in [6.07, 6.45) is 5.53. The molecular weight excluding hydrogens is 651 g/mol. The smallest absolute Gasteiger partial charge is 0.167 e. The van der Waals surface area contributed by atoms with Crippen LogP contribution in [-0.4, -0.2) is 24.9 Å². The maximum Gasteiger partial charge on any atom is 0.167 e. The third-order valence-electron chi connectivity index (χ3n) is 9.70. The minimum absolute atomic E-state index is 0.546. The number of para-hydroxylation sites is 1. The quantitative estimate of drug-likeness (QED) is 0.174. The standard InChI is InChI=1S/C47H29N5O/c1-3-11-31(12-4-1)45-50-46(32-13-5-2-6-14-32)52-47(51-45)41-28-34(27-40-39-17-9-10-18-43(39)53-44(40)41)36-21-20-35(37-15-7-8-16-38(36)37)33-19-22-42(49-29-33)30-23-25-48-26-24-30/h1-29H. The number of hydrogen-bond donors (Lipinski definition) is 0. The number of benzene rings is 6. The van der Waals surface area contributed by atoms with Gasteiger partial charge in [0.15, 0.2) is 17.5 Å². The van der Waals surface area contributed by atoms with E-state index in [0.29, 0.717) is 17.5 Å². The van der Waals surface area contributed by atoms with Crippen LogP contribution in [0.2, 0.25) is 0 Å². The zero-order valence-corrected chi connectivity index (χ0v) is 28.4. The second-order valence-electron chi connectivity index (χ2n) is 12.9. The molecule has 4 heterocycles. The molecule has 0 aliphatic carbocycles. The largest absolute Gasteiger partial charge is 0.455 e. The zero-order valence-electron chi connectivity index (χ0n) is 28.4. The zero-order chi connectivity index (χ0) is 35.1. The van der Waals surface area contributed by atoms with E-state index in [1.165, 1.54) is 0 Å². The monoisotopic (exact) mass is 679 g/mol. The first kappa shape index (κ1) is 30.5. The summed E-state index contributed by atoms with van der Waals surface area (Å²) in [6, 6.07) is 53.8. The van der Waals surface area contributed by atoms with Crippen LogP contribution >= 0.6 is 0 Å². The molecule has 0 N–H and O–H groups in total. The molecule has 248 valence electrons. The summed E-state index contributed by atoms with van der Waals surface area (Å²) < 4.78 is 6.62. The van der Waals surface area contributed by atoms with E-state index >= 15 is 0 Å². The van der Waals surface area contributed by atoms with Crippen LogP contribution in [0, 0.1) is 0 Å². The SMILES string of the molecule is c1ccc(-c2nc(-c3ccccc3)nc(-c3cc(-c4ccc(-c5ccc(-c6ccncc6)nc5)c5ccccc45)cc4c3oc3ccccc34)n2)cc1.